The average Bonchev–Trinajstić information content (AvgIpc) is 3.26. The zero-order valence-electron chi connectivity index (χ0n) is 18.5. The number of ether oxygens (including phenoxy) is 2. The van der Waals surface area contributed by atoms with Crippen molar-refractivity contribution in [1.29, 1.82) is 0 Å². The van der Waals surface area contributed by atoms with Crippen molar-refractivity contribution < 1.29 is 27.5 Å². The molecule has 1 fully saturated rings. The van der Waals surface area contributed by atoms with E-state index in [9.17, 15) is 18.0 Å². The molecule has 0 bridgehead atoms. The van der Waals surface area contributed by atoms with Crippen LogP contribution in [0.1, 0.15) is 35.2 Å². The second kappa shape index (κ2) is 9.40. The maximum Gasteiger partial charge on any atom is 0.258 e. The molecule has 2 heterocycles. The molecule has 9 nitrogen and oxygen atoms in total. The number of anilines is 1. The molecule has 0 atom stereocenters. The number of methoxy groups -OCH3 is 1. The molecule has 176 valence electrons. The predicted molar refractivity (Wildman–Crippen MR) is 122 cm³/mol. The van der Waals surface area contributed by atoms with Gasteiger partial charge in [0.25, 0.3) is 11.8 Å². The van der Waals surface area contributed by atoms with Gasteiger partial charge in [-0.25, -0.2) is 8.42 Å². The van der Waals surface area contributed by atoms with Crippen LogP contribution in [0.3, 0.4) is 0 Å². The Labute approximate surface area is 193 Å². The SMILES string of the molecule is COc1cc(C(=O)N2CCc3cc(S(=O)(=O)N4CCCCC4)ccc32)ccc1OCC(N)=O. The zero-order chi connectivity index (χ0) is 23.6. The fraction of sp³-hybridized carbons (Fsp3) is 0.391. The highest BCUT2D eigenvalue weighted by atomic mass is 32.2. The van der Waals surface area contributed by atoms with E-state index >= 15 is 0 Å². The van der Waals surface area contributed by atoms with Crippen LogP contribution >= 0.6 is 0 Å². The predicted octanol–water partition coefficient (Wildman–Crippen LogP) is 1.94. The van der Waals surface area contributed by atoms with E-state index in [1.165, 1.54) is 7.11 Å². The number of primary amides is 1. The molecule has 33 heavy (non-hydrogen) atoms. The molecule has 2 aromatic rings. The number of hydrogen-bond acceptors (Lipinski definition) is 6. The number of amides is 2. The summed E-state index contributed by atoms with van der Waals surface area (Å²) in [4.78, 5) is 26.1. The molecule has 10 heteroatoms. The number of nitrogens with two attached hydrogens (primary N) is 1. The summed E-state index contributed by atoms with van der Waals surface area (Å²) in [6.45, 7) is 1.24. The van der Waals surface area contributed by atoms with Crippen LogP contribution in [0.2, 0.25) is 0 Å². The van der Waals surface area contributed by atoms with Crippen LogP contribution in [0.25, 0.3) is 0 Å². The van der Waals surface area contributed by atoms with Crippen LogP contribution < -0.4 is 20.1 Å². The first kappa shape index (κ1) is 23.1. The highest BCUT2D eigenvalue weighted by Crippen LogP contribution is 2.34. The molecule has 4 rings (SSSR count). The molecule has 0 saturated carbocycles. The number of benzene rings is 2. The minimum absolute atomic E-state index is 0.236. The lowest BCUT2D eigenvalue weighted by Gasteiger charge is -2.26. The van der Waals surface area contributed by atoms with Crippen LogP contribution in [0.15, 0.2) is 41.3 Å². The van der Waals surface area contributed by atoms with E-state index in [2.05, 4.69) is 0 Å². The van der Waals surface area contributed by atoms with Gasteiger partial charge >= 0.3 is 0 Å². The smallest absolute Gasteiger partial charge is 0.258 e. The van der Waals surface area contributed by atoms with Crippen molar-refractivity contribution in [3.05, 3.63) is 47.5 Å². The molecule has 2 aromatic carbocycles. The minimum Gasteiger partial charge on any atom is -0.493 e. The van der Waals surface area contributed by atoms with Gasteiger partial charge in [0.15, 0.2) is 18.1 Å². The first-order chi connectivity index (χ1) is 15.8. The summed E-state index contributed by atoms with van der Waals surface area (Å²) in [5.41, 5.74) is 7.03. The van der Waals surface area contributed by atoms with E-state index in [1.807, 2.05) is 0 Å². The van der Waals surface area contributed by atoms with Crippen LogP contribution in [0.5, 0.6) is 11.5 Å². The van der Waals surface area contributed by atoms with E-state index < -0.39 is 15.9 Å². The third-order valence-corrected chi connectivity index (χ3v) is 7.82. The summed E-state index contributed by atoms with van der Waals surface area (Å²) in [5, 5.41) is 0. The van der Waals surface area contributed by atoms with Gasteiger partial charge in [0.05, 0.1) is 12.0 Å². The number of nitrogens with zero attached hydrogens (tertiary/aromatic N) is 2. The molecule has 0 spiro atoms. The summed E-state index contributed by atoms with van der Waals surface area (Å²) in [5.74, 6) is -0.237. The number of carbonyl (C=O) groups is 2. The maximum absolute atomic E-state index is 13.2. The van der Waals surface area contributed by atoms with Crippen LogP contribution in [-0.4, -0.2) is 57.9 Å². The van der Waals surface area contributed by atoms with Crippen LogP contribution in [-0.2, 0) is 21.2 Å². The monoisotopic (exact) mass is 473 g/mol. The van der Waals surface area contributed by atoms with Gasteiger partial charge in [0.1, 0.15) is 0 Å². The van der Waals surface area contributed by atoms with Gasteiger partial charge in [-0.3, -0.25) is 9.59 Å². The fourth-order valence-electron chi connectivity index (χ4n) is 4.23. The average molecular weight is 474 g/mol. The second-order valence-corrected chi connectivity index (χ2v) is 10.0. The summed E-state index contributed by atoms with van der Waals surface area (Å²) in [7, 11) is -2.09. The highest BCUT2D eigenvalue weighted by Gasteiger charge is 2.30. The lowest BCUT2D eigenvalue weighted by molar-refractivity contribution is -0.119. The molecular formula is C23H27N3O6S. The molecular weight excluding hydrogens is 446 g/mol. The van der Waals surface area contributed by atoms with Crippen molar-refractivity contribution in [2.75, 3.05) is 38.3 Å². The Bertz CT molecular complexity index is 1170. The van der Waals surface area contributed by atoms with E-state index in [-0.39, 0.29) is 17.4 Å². The second-order valence-electron chi connectivity index (χ2n) is 8.08. The summed E-state index contributed by atoms with van der Waals surface area (Å²) >= 11 is 0. The van der Waals surface area contributed by atoms with Crippen molar-refractivity contribution in [1.82, 2.24) is 4.31 Å². The van der Waals surface area contributed by atoms with Crippen molar-refractivity contribution in [3.8, 4) is 11.5 Å². The highest BCUT2D eigenvalue weighted by molar-refractivity contribution is 7.89. The van der Waals surface area contributed by atoms with Crippen LogP contribution in [0.4, 0.5) is 5.69 Å². The number of sulfonamides is 1. The van der Waals surface area contributed by atoms with Gasteiger partial charge in [-0.15, -0.1) is 0 Å². The number of rotatable bonds is 7. The van der Waals surface area contributed by atoms with Gasteiger partial charge in [-0.2, -0.15) is 4.31 Å². The first-order valence-electron chi connectivity index (χ1n) is 10.9. The Morgan fingerprint density at radius 1 is 1.00 bits per heavy atom. The van der Waals surface area contributed by atoms with Crippen molar-refractivity contribution >= 4 is 27.5 Å². The Morgan fingerprint density at radius 2 is 1.76 bits per heavy atom. The molecule has 2 N–H and O–H groups in total. The van der Waals surface area contributed by atoms with E-state index in [0.717, 1.165) is 24.8 Å². The summed E-state index contributed by atoms with van der Waals surface area (Å²) in [6, 6.07) is 9.67. The quantitative estimate of drug-likeness (QED) is 0.656. The topological polar surface area (TPSA) is 119 Å². The Hall–Kier alpha value is -3.11. The van der Waals surface area contributed by atoms with Crippen molar-refractivity contribution in [3.63, 3.8) is 0 Å². The number of fused-ring (bicyclic) bond motifs is 1. The fourth-order valence-corrected chi connectivity index (χ4v) is 5.80. The molecule has 0 aromatic heterocycles. The number of hydrogen-bond donors (Lipinski definition) is 1. The Kier molecular flexibility index (Phi) is 6.57. The first-order valence-corrected chi connectivity index (χ1v) is 12.3. The van der Waals surface area contributed by atoms with E-state index in [4.69, 9.17) is 15.2 Å². The molecule has 2 amide bonds. The van der Waals surface area contributed by atoms with Gasteiger partial charge in [0, 0.05) is 30.9 Å². The third-order valence-electron chi connectivity index (χ3n) is 5.92. The molecule has 0 unspecified atom stereocenters. The van der Waals surface area contributed by atoms with Gasteiger partial charge in [-0.1, -0.05) is 6.42 Å². The minimum atomic E-state index is -3.53. The third kappa shape index (κ3) is 4.67. The van der Waals surface area contributed by atoms with Gasteiger partial charge < -0.3 is 20.1 Å². The largest absolute Gasteiger partial charge is 0.493 e. The lowest BCUT2D eigenvalue weighted by Crippen LogP contribution is -2.35. The van der Waals surface area contributed by atoms with E-state index in [1.54, 1.807) is 45.6 Å². The summed E-state index contributed by atoms with van der Waals surface area (Å²) < 4.78 is 38.2. The Balaban J connectivity index is 1.55. The molecule has 0 radical (unpaired) electrons. The van der Waals surface area contributed by atoms with Crippen molar-refractivity contribution in [2.24, 2.45) is 5.73 Å². The van der Waals surface area contributed by atoms with Gasteiger partial charge in [0.2, 0.25) is 10.0 Å². The number of piperidine rings is 1. The zero-order valence-corrected chi connectivity index (χ0v) is 19.3. The standard InChI is InChI=1S/C23H27N3O6S/c1-31-21-14-17(5-8-20(21)32-15-22(24)27)23(28)26-12-9-16-13-18(6-7-19(16)26)33(29,30)25-10-3-2-4-11-25/h5-8,13-14H,2-4,9-12,15H2,1H3,(H2,24,27). The molecule has 0 aliphatic carbocycles. The van der Waals surface area contributed by atoms with Gasteiger partial charge in [-0.05, 0) is 61.2 Å². The Morgan fingerprint density at radius 3 is 2.45 bits per heavy atom. The molecule has 1 saturated heterocycles. The lowest BCUT2D eigenvalue weighted by atomic mass is 10.1. The normalized spacial score (nSPS) is 16.3. The molecule has 2 aliphatic heterocycles. The van der Waals surface area contributed by atoms with E-state index in [0.29, 0.717) is 48.8 Å². The molecule has 2 aliphatic rings. The van der Waals surface area contributed by atoms with Crippen LogP contribution in [0, 0.1) is 0 Å². The summed E-state index contributed by atoms with van der Waals surface area (Å²) in [6.07, 6.45) is 3.38. The maximum atomic E-state index is 13.2. The number of carbonyl (C=O) groups excluding carboxylic acids is 2. The van der Waals surface area contributed by atoms with Crippen molar-refractivity contribution in [2.45, 2.75) is 30.6 Å².